The van der Waals surface area contributed by atoms with Crippen LogP contribution in [0.15, 0.2) is 0 Å². The summed E-state index contributed by atoms with van der Waals surface area (Å²) in [6.07, 6.45) is 2.86. The molecule has 1 unspecified atom stereocenters. The van der Waals surface area contributed by atoms with Crippen molar-refractivity contribution in [1.82, 2.24) is 5.32 Å². The number of halogens is 1. The standard InChI is InChI=1S/C7H12N2O.ClH/c8-7(1-2-7)5-3-6(10)9-4-5;/h5H,1-4,8H2,(H,9,10);1H. The lowest BCUT2D eigenvalue weighted by atomic mass is 9.97. The minimum absolute atomic E-state index is 0. The number of hydrogen-bond acceptors (Lipinski definition) is 2. The summed E-state index contributed by atoms with van der Waals surface area (Å²) in [5, 5.41) is 2.80. The van der Waals surface area contributed by atoms with Crippen molar-refractivity contribution < 1.29 is 4.79 Å². The van der Waals surface area contributed by atoms with E-state index in [9.17, 15) is 4.79 Å². The maximum Gasteiger partial charge on any atom is 0.220 e. The van der Waals surface area contributed by atoms with Crippen LogP contribution in [0.5, 0.6) is 0 Å². The van der Waals surface area contributed by atoms with E-state index in [4.69, 9.17) is 5.73 Å². The van der Waals surface area contributed by atoms with Crippen molar-refractivity contribution in [3.05, 3.63) is 0 Å². The third-order valence-corrected chi connectivity index (χ3v) is 2.62. The lowest BCUT2D eigenvalue weighted by molar-refractivity contribution is -0.119. The molecule has 3 nitrogen and oxygen atoms in total. The van der Waals surface area contributed by atoms with Gasteiger partial charge in [0.2, 0.25) is 5.91 Å². The minimum Gasteiger partial charge on any atom is -0.356 e. The fraction of sp³-hybridized carbons (Fsp3) is 0.857. The van der Waals surface area contributed by atoms with Gasteiger partial charge in [0.15, 0.2) is 0 Å². The van der Waals surface area contributed by atoms with Gasteiger partial charge in [0.1, 0.15) is 0 Å². The van der Waals surface area contributed by atoms with E-state index in [0.717, 1.165) is 19.4 Å². The summed E-state index contributed by atoms with van der Waals surface area (Å²) in [5.41, 5.74) is 5.95. The summed E-state index contributed by atoms with van der Waals surface area (Å²) >= 11 is 0. The monoisotopic (exact) mass is 176 g/mol. The summed E-state index contributed by atoms with van der Waals surface area (Å²) in [4.78, 5) is 10.8. The Kier molecular flexibility index (Phi) is 2.12. The zero-order chi connectivity index (χ0) is 7.19. The lowest BCUT2D eigenvalue weighted by Gasteiger charge is -2.14. The van der Waals surface area contributed by atoms with Gasteiger partial charge in [-0.05, 0) is 12.8 Å². The zero-order valence-electron chi connectivity index (χ0n) is 6.30. The first-order chi connectivity index (χ1) is 4.71. The summed E-state index contributed by atoms with van der Waals surface area (Å²) in [5.74, 6) is 0.585. The van der Waals surface area contributed by atoms with Gasteiger partial charge in [0.05, 0.1) is 0 Å². The van der Waals surface area contributed by atoms with Crippen LogP contribution in [0.4, 0.5) is 0 Å². The lowest BCUT2D eigenvalue weighted by Crippen LogP contribution is -2.33. The van der Waals surface area contributed by atoms with Crippen LogP contribution in [-0.2, 0) is 4.79 Å². The van der Waals surface area contributed by atoms with Gasteiger partial charge < -0.3 is 11.1 Å². The first-order valence-corrected chi connectivity index (χ1v) is 3.76. The van der Waals surface area contributed by atoms with E-state index in [-0.39, 0.29) is 23.9 Å². The van der Waals surface area contributed by atoms with E-state index >= 15 is 0 Å². The van der Waals surface area contributed by atoms with Gasteiger partial charge >= 0.3 is 0 Å². The molecule has 1 saturated carbocycles. The highest BCUT2D eigenvalue weighted by atomic mass is 35.5. The molecule has 2 fully saturated rings. The minimum atomic E-state index is 0. The van der Waals surface area contributed by atoms with E-state index in [1.165, 1.54) is 0 Å². The van der Waals surface area contributed by atoms with E-state index in [1.807, 2.05) is 0 Å². The zero-order valence-corrected chi connectivity index (χ0v) is 7.12. The summed E-state index contributed by atoms with van der Waals surface area (Å²) < 4.78 is 0. The van der Waals surface area contributed by atoms with Crippen LogP contribution in [0.1, 0.15) is 19.3 Å². The predicted octanol–water partition coefficient (Wildman–Crippen LogP) is 0.0356. The molecule has 1 aliphatic carbocycles. The molecule has 1 amide bonds. The highest BCUT2D eigenvalue weighted by Gasteiger charge is 2.48. The van der Waals surface area contributed by atoms with Crippen LogP contribution >= 0.6 is 12.4 Å². The van der Waals surface area contributed by atoms with Gasteiger partial charge in [-0.25, -0.2) is 0 Å². The molecule has 2 rings (SSSR count). The van der Waals surface area contributed by atoms with Crippen LogP contribution in [0.25, 0.3) is 0 Å². The fourth-order valence-electron chi connectivity index (χ4n) is 1.56. The number of nitrogens with one attached hydrogen (secondary N) is 1. The van der Waals surface area contributed by atoms with Crippen molar-refractivity contribution in [3.8, 4) is 0 Å². The average Bonchev–Trinajstić information content (AvgIpc) is 2.45. The Morgan fingerprint density at radius 2 is 2.18 bits per heavy atom. The Morgan fingerprint density at radius 1 is 1.55 bits per heavy atom. The van der Waals surface area contributed by atoms with E-state index in [0.29, 0.717) is 12.3 Å². The molecule has 1 heterocycles. The van der Waals surface area contributed by atoms with Crippen molar-refractivity contribution in [2.24, 2.45) is 11.7 Å². The molecule has 0 spiro atoms. The maximum atomic E-state index is 10.8. The van der Waals surface area contributed by atoms with E-state index < -0.39 is 0 Å². The van der Waals surface area contributed by atoms with Crippen molar-refractivity contribution in [1.29, 1.82) is 0 Å². The molecule has 11 heavy (non-hydrogen) atoms. The Balaban J connectivity index is 0.000000605. The van der Waals surface area contributed by atoms with E-state index in [1.54, 1.807) is 0 Å². The highest BCUT2D eigenvalue weighted by molar-refractivity contribution is 5.85. The predicted molar refractivity (Wildman–Crippen MR) is 44.5 cm³/mol. The molecule has 64 valence electrons. The number of rotatable bonds is 1. The third kappa shape index (κ3) is 1.49. The number of nitrogens with two attached hydrogens (primary N) is 1. The SMILES string of the molecule is Cl.NC1(C2CNC(=O)C2)CC1. The average molecular weight is 177 g/mol. The molecule has 0 aromatic carbocycles. The Bertz CT molecular complexity index is 179. The fourth-order valence-corrected chi connectivity index (χ4v) is 1.56. The van der Waals surface area contributed by atoms with Crippen LogP contribution < -0.4 is 11.1 Å². The van der Waals surface area contributed by atoms with Crippen LogP contribution in [0, 0.1) is 5.92 Å². The van der Waals surface area contributed by atoms with Crippen molar-refractivity contribution in [2.75, 3.05) is 6.54 Å². The summed E-state index contributed by atoms with van der Waals surface area (Å²) in [6.45, 7) is 0.801. The Hall–Kier alpha value is -0.280. The second-order valence-electron chi connectivity index (χ2n) is 3.44. The first-order valence-electron chi connectivity index (χ1n) is 3.76. The van der Waals surface area contributed by atoms with Crippen LogP contribution in [0.2, 0.25) is 0 Å². The number of amides is 1. The van der Waals surface area contributed by atoms with Gasteiger partial charge in [-0.3, -0.25) is 4.79 Å². The molecular formula is C7H13ClN2O. The summed E-state index contributed by atoms with van der Waals surface area (Å²) in [7, 11) is 0. The van der Waals surface area contributed by atoms with Gasteiger partial charge in [0.25, 0.3) is 0 Å². The molecule has 3 N–H and O–H groups in total. The number of hydrogen-bond donors (Lipinski definition) is 2. The largest absolute Gasteiger partial charge is 0.356 e. The molecule has 4 heteroatoms. The molecular weight excluding hydrogens is 164 g/mol. The molecule has 0 radical (unpaired) electrons. The molecule has 0 aromatic heterocycles. The third-order valence-electron chi connectivity index (χ3n) is 2.62. The quantitative estimate of drug-likeness (QED) is 0.593. The molecule has 1 saturated heterocycles. The first kappa shape index (κ1) is 8.81. The van der Waals surface area contributed by atoms with Gasteiger partial charge in [-0.15, -0.1) is 12.4 Å². The second-order valence-corrected chi connectivity index (χ2v) is 3.44. The molecule has 1 atom stereocenters. The normalized spacial score (nSPS) is 32.5. The number of carbonyl (C=O) groups excluding carboxylic acids is 1. The van der Waals surface area contributed by atoms with Crippen molar-refractivity contribution in [2.45, 2.75) is 24.8 Å². The summed E-state index contributed by atoms with van der Waals surface area (Å²) in [6, 6.07) is 0. The molecule has 0 bridgehead atoms. The number of carbonyl (C=O) groups is 1. The Morgan fingerprint density at radius 3 is 2.55 bits per heavy atom. The van der Waals surface area contributed by atoms with Crippen LogP contribution in [0.3, 0.4) is 0 Å². The van der Waals surface area contributed by atoms with Crippen LogP contribution in [-0.4, -0.2) is 18.0 Å². The topological polar surface area (TPSA) is 55.1 Å². The maximum absolute atomic E-state index is 10.8. The molecule has 0 aromatic rings. The van der Waals surface area contributed by atoms with Crippen molar-refractivity contribution >= 4 is 18.3 Å². The smallest absolute Gasteiger partial charge is 0.220 e. The van der Waals surface area contributed by atoms with Crippen molar-refractivity contribution in [3.63, 3.8) is 0 Å². The van der Waals surface area contributed by atoms with Gasteiger partial charge in [0, 0.05) is 24.4 Å². The van der Waals surface area contributed by atoms with Gasteiger partial charge in [-0.2, -0.15) is 0 Å². The molecule has 1 aliphatic heterocycles. The van der Waals surface area contributed by atoms with Gasteiger partial charge in [-0.1, -0.05) is 0 Å². The second kappa shape index (κ2) is 2.64. The van der Waals surface area contributed by atoms with E-state index in [2.05, 4.69) is 5.32 Å². The molecule has 2 aliphatic rings. The Labute approximate surface area is 72.1 Å². The highest BCUT2D eigenvalue weighted by Crippen LogP contribution is 2.42.